The minimum Gasteiger partial charge on any atom is -0.404 e. The van der Waals surface area contributed by atoms with Gasteiger partial charge in [0.15, 0.2) is 0 Å². The van der Waals surface area contributed by atoms with E-state index in [0.717, 1.165) is 18.2 Å². The lowest BCUT2D eigenvalue weighted by atomic mass is 10.2. The van der Waals surface area contributed by atoms with Crippen LogP contribution < -0.4 is 15.4 Å². The molecule has 0 unspecified atom stereocenters. The van der Waals surface area contributed by atoms with E-state index in [-0.39, 0.29) is 5.02 Å². The molecule has 0 atom stereocenters. The number of nitrogens with zero attached hydrogens (tertiary/aromatic N) is 4. The maximum absolute atomic E-state index is 12.4. The van der Waals surface area contributed by atoms with Gasteiger partial charge in [-0.25, -0.2) is 4.98 Å². The van der Waals surface area contributed by atoms with Crippen molar-refractivity contribution in [3.8, 4) is 17.0 Å². The summed E-state index contributed by atoms with van der Waals surface area (Å²) in [7, 11) is 3.91. The molecule has 7 nitrogen and oxygen atoms in total. The molecule has 3 rings (SSSR count). The zero-order valence-electron chi connectivity index (χ0n) is 16.7. The summed E-state index contributed by atoms with van der Waals surface area (Å²) in [6.07, 6.45) is -1.49. The van der Waals surface area contributed by atoms with Crippen LogP contribution in [-0.2, 0) is 0 Å². The van der Waals surface area contributed by atoms with E-state index in [2.05, 4.69) is 30.3 Å². The quantitative estimate of drug-likeness (QED) is 0.508. The first-order valence-corrected chi connectivity index (χ1v) is 9.58. The van der Waals surface area contributed by atoms with Crippen LogP contribution in [0.4, 0.5) is 30.6 Å². The van der Waals surface area contributed by atoms with Crippen LogP contribution in [0.25, 0.3) is 11.3 Å². The van der Waals surface area contributed by atoms with Gasteiger partial charge in [-0.3, -0.25) is 4.98 Å². The topological polar surface area (TPSA) is 75.2 Å². The lowest BCUT2D eigenvalue weighted by molar-refractivity contribution is -0.274. The first kappa shape index (κ1) is 22.6. The Balaban J connectivity index is 1.86. The largest absolute Gasteiger partial charge is 0.573 e. The normalized spacial score (nSPS) is 11.5. The van der Waals surface area contributed by atoms with Crippen molar-refractivity contribution < 1.29 is 17.9 Å². The highest BCUT2D eigenvalue weighted by Crippen LogP contribution is 2.33. The van der Waals surface area contributed by atoms with Crippen LogP contribution in [0.1, 0.15) is 0 Å². The summed E-state index contributed by atoms with van der Waals surface area (Å²) in [5, 5.41) is 6.02. The van der Waals surface area contributed by atoms with E-state index >= 15 is 0 Å². The lowest BCUT2D eigenvalue weighted by Gasteiger charge is -2.14. The van der Waals surface area contributed by atoms with Crippen molar-refractivity contribution >= 4 is 29.1 Å². The smallest absolute Gasteiger partial charge is 0.404 e. The Morgan fingerprint density at radius 3 is 2.58 bits per heavy atom. The van der Waals surface area contributed by atoms with Gasteiger partial charge in [0.25, 0.3) is 0 Å². The van der Waals surface area contributed by atoms with Crippen LogP contribution in [0, 0.1) is 0 Å². The first-order valence-electron chi connectivity index (χ1n) is 9.20. The summed E-state index contributed by atoms with van der Waals surface area (Å²) >= 11 is 5.94. The van der Waals surface area contributed by atoms with Gasteiger partial charge in [-0.15, -0.1) is 13.2 Å². The fourth-order valence-electron chi connectivity index (χ4n) is 2.58. The van der Waals surface area contributed by atoms with Crippen LogP contribution in [0.15, 0.2) is 48.8 Å². The van der Waals surface area contributed by atoms with Crippen molar-refractivity contribution in [1.82, 2.24) is 19.9 Å². The second kappa shape index (κ2) is 9.80. The Labute approximate surface area is 182 Å². The Morgan fingerprint density at radius 1 is 1.13 bits per heavy atom. The molecule has 0 aliphatic heterocycles. The number of benzene rings is 1. The molecule has 3 aromatic rings. The van der Waals surface area contributed by atoms with Gasteiger partial charge in [-0.05, 0) is 44.4 Å². The Morgan fingerprint density at radius 2 is 1.94 bits per heavy atom. The highest BCUT2D eigenvalue weighted by atomic mass is 35.5. The SMILES string of the molecule is CN(C)CCNc1nc(Nc2ccc(OC(F)(F)F)c(Cl)c2)cc(-c2cccnc2)n1. The fourth-order valence-corrected chi connectivity index (χ4v) is 2.80. The van der Waals surface area contributed by atoms with Crippen molar-refractivity contribution in [2.75, 3.05) is 37.8 Å². The number of anilines is 3. The highest BCUT2D eigenvalue weighted by Gasteiger charge is 2.32. The summed E-state index contributed by atoms with van der Waals surface area (Å²) in [5.41, 5.74) is 1.85. The molecule has 0 aliphatic carbocycles. The third kappa shape index (κ3) is 6.97. The molecular formula is C20H20ClF3N6O. The standard InChI is InChI=1S/C20H20ClF3N6O/c1-30(2)9-8-26-19-28-16(13-4-3-7-25-12-13)11-18(29-19)27-14-5-6-17(15(21)10-14)31-20(22,23)24/h3-7,10-12H,8-9H2,1-2H3,(H2,26,27,28,29). The number of ether oxygens (including phenoxy) is 1. The van der Waals surface area contributed by atoms with Crippen LogP contribution in [0.3, 0.4) is 0 Å². The number of nitrogens with one attached hydrogen (secondary N) is 2. The van der Waals surface area contributed by atoms with E-state index in [4.69, 9.17) is 11.6 Å². The van der Waals surface area contributed by atoms with Gasteiger partial charge in [0, 0.05) is 42.8 Å². The number of rotatable bonds is 8. The van der Waals surface area contributed by atoms with E-state index in [1.54, 1.807) is 24.5 Å². The van der Waals surface area contributed by atoms with Crippen molar-refractivity contribution in [2.45, 2.75) is 6.36 Å². The van der Waals surface area contributed by atoms with E-state index in [1.807, 2.05) is 25.1 Å². The molecular weight excluding hydrogens is 433 g/mol. The molecule has 0 fully saturated rings. The molecule has 0 radical (unpaired) electrons. The molecule has 0 saturated carbocycles. The van der Waals surface area contributed by atoms with Crippen LogP contribution in [-0.4, -0.2) is 53.4 Å². The zero-order chi connectivity index (χ0) is 22.4. The second-order valence-electron chi connectivity index (χ2n) is 6.75. The van der Waals surface area contributed by atoms with Gasteiger partial charge in [-0.1, -0.05) is 11.6 Å². The predicted molar refractivity (Wildman–Crippen MR) is 114 cm³/mol. The maximum atomic E-state index is 12.4. The first-order chi connectivity index (χ1) is 14.7. The van der Waals surface area contributed by atoms with Crippen LogP contribution >= 0.6 is 11.6 Å². The molecule has 0 aliphatic rings. The summed E-state index contributed by atoms with van der Waals surface area (Å²) in [6, 6.07) is 9.25. The molecule has 1 aromatic carbocycles. The number of pyridine rings is 1. The molecule has 164 valence electrons. The highest BCUT2D eigenvalue weighted by molar-refractivity contribution is 6.32. The number of hydrogen-bond acceptors (Lipinski definition) is 7. The summed E-state index contributed by atoms with van der Waals surface area (Å²) in [5.74, 6) is 0.347. The van der Waals surface area contributed by atoms with E-state index in [9.17, 15) is 13.2 Å². The molecule has 0 bridgehead atoms. The van der Waals surface area contributed by atoms with Crippen molar-refractivity contribution in [3.05, 3.63) is 53.8 Å². The van der Waals surface area contributed by atoms with E-state index in [1.165, 1.54) is 12.1 Å². The molecule has 0 amide bonds. The molecule has 2 N–H and O–H groups in total. The molecule has 11 heteroatoms. The third-order valence-electron chi connectivity index (χ3n) is 3.96. The Kier molecular flexibility index (Phi) is 7.13. The molecule has 0 spiro atoms. The minimum atomic E-state index is -4.82. The molecule has 2 aromatic heterocycles. The molecule has 31 heavy (non-hydrogen) atoms. The Bertz CT molecular complexity index is 1020. The minimum absolute atomic E-state index is 0.187. The van der Waals surface area contributed by atoms with Crippen molar-refractivity contribution in [1.29, 1.82) is 0 Å². The van der Waals surface area contributed by atoms with Gasteiger partial charge in [-0.2, -0.15) is 4.98 Å². The number of likely N-dealkylation sites (N-methyl/N-ethyl adjacent to an activating group) is 1. The fraction of sp³-hybridized carbons (Fsp3) is 0.250. The van der Waals surface area contributed by atoms with Crippen LogP contribution in [0.5, 0.6) is 5.75 Å². The summed E-state index contributed by atoms with van der Waals surface area (Å²) in [6.45, 7) is 1.40. The number of hydrogen-bond donors (Lipinski definition) is 2. The summed E-state index contributed by atoms with van der Waals surface area (Å²) in [4.78, 5) is 15.1. The number of alkyl halides is 3. The van der Waals surface area contributed by atoms with Gasteiger partial charge in [0.05, 0.1) is 10.7 Å². The van der Waals surface area contributed by atoms with Gasteiger partial charge in [0.1, 0.15) is 11.6 Å². The van der Waals surface area contributed by atoms with Crippen molar-refractivity contribution in [2.24, 2.45) is 0 Å². The summed E-state index contributed by atoms with van der Waals surface area (Å²) < 4.78 is 41.2. The van der Waals surface area contributed by atoms with Gasteiger partial charge < -0.3 is 20.3 Å². The van der Waals surface area contributed by atoms with E-state index < -0.39 is 12.1 Å². The lowest BCUT2D eigenvalue weighted by Crippen LogP contribution is -2.21. The number of aromatic nitrogens is 3. The van der Waals surface area contributed by atoms with E-state index in [0.29, 0.717) is 29.7 Å². The third-order valence-corrected chi connectivity index (χ3v) is 4.25. The number of halogens is 4. The molecule has 0 saturated heterocycles. The van der Waals surface area contributed by atoms with Crippen LogP contribution in [0.2, 0.25) is 5.02 Å². The predicted octanol–water partition coefficient (Wildman–Crippen LogP) is 4.81. The second-order valence-corrected chi connectivity index (χ2v) is 7.16. The monoisotopic (exact) mass is 452 g/mol. The maximum Gasteiger partial charge on any atom is 0.573 e. The average molecular weight is 453 g/mol. The zero-order valence-corrected chi connectivity index (χ0v) is 17.5. The van der Waals surface area contributed by atoms with Gasteiger partial charge in [0.2, 0.25) is 5.95 Å². The Hall–Kier alpha value is -3.11. The molecule has 2 heterocycles. The van der Waals surface area contributed by atoms with Crippen molar-refractivity contribution in [3.63, 3.8) is 0 Å². The average Bonchev–Trinajstić information content (AvgIpc) is 2.69. The van der Waals surface area contributed by atoms with Gasteiger partial charge >= 0.3 is 6.36 Å².